The molecule has 8 heterocycles. The smallest absolute Gasteiger partial charge is 0.490 e. The monoisotopic (exact) mass is 1170 g/mol. The van der Waals surface area contributed by atoms with E-state index in [2.05, 4.69) is 33.5 Å². The lowest BCUT2D eigenvalue weighted by atomic mass is 9.95. The second kappa shape index (κ2) is 23.3. The van der Waals surface area contributed by atoms with Gasteiger partial charge in [0.2, 0.25) is 18.5 Å². The van der Waals surface area contributed by atoms with E-state index in [1.165, 1.54) is 22.5 Å². The van der Waals surface area contributed by atoms with Crippen molar-refractivity contribution in [2.45, 2.75) is 93.3 Å². The molecule has 3 aliphatic heterocycles. The van der Waals surface area contributed by atoms with E-state index >= 15 is 0 Å². The van der Waals surface area contributed by atoms with E-state index < -0.39 is 141 Å². The number of phosphoric ester groups is 2. The minimum atomic E-state index is -6.21. The Morgan fingerprint density at radius 1 is 0.792 bits per heavy atom. The number of methoxy groups -OCH3 is 1. The quantitative estimate of drug-likeness (QED) is 0.0167. The summed E-state index contributed by atoms with van der Waals surface area (Å²) in [4.78, 5) is 103. The summed E-state index contributed by atoms with van der Waals surface area (Å²) >= 11 is 0. The first kappa shape index (κ1) is 58.6. The Labute approximate surface area is 431 Å². The van der Waals surface area contributed by atoms with Crippen molar-refractivity contribution in [3.63, 3.8) is 0 Å². The topological polar surface area (TPSA) is 510 Å². The third-order valence-electron chi connectivity index (χ3n) is 12.5. The number of nitrogens with one attached hydrogen (secondary N) is 2. The van der Waals surface area contributed by atoms with Gasteiger partial charge in [0.05, 0.1) is 51.1 Å². The van der Waals surface area contributed by atoms with E-state index in [0.717, 1.165) is 54.0 Å². The van der Waals surface area contributed by atoms with Crippen molar-refractivity contribution in [2.75, 3.05) is 51.6 Å². The number of anilines is 2. The van der Waals surface area contributed by atoms with Crippen molar-refractivity contribution < 1.29 is 104 Å². The zero-order valence-corrected chi connectivity index (χ0v) is 44.1. The Bertz CT molecular complexity index is 3320. The Kier molecular flexibility index (Phi) is 17.7. The lowest BCUT2D eigenvalue weighted by Gasteiger charge is -2.35. The van der Waals surface area contributed by atoms with Crippen LogP contribution in [-0.2, 0) is 71.2 Å². The van der Waals surface area contributed by atoms with Crippen LogP contribution in [0.1, 0.15) is 44.9 Å². The maximum absolute atomic E-state index is 14.2. The van der Waals surface area contributed by atoms with E-state index in [9.17, 15) is 67.5 Å². The van der Waals surface area contributed by atoms with Crippen LogP contribution in [0.4, 0.5) is 11.8 Å². The summed E-state index contributed by atoms with van der Waals surface area (Å²) in [6.45, 7) is -0.948. The summed E-state index contributed by atoms with van der Waals surface area (Å²) in [7, 11) is -21.0. The van der Waals surface area contributed by atoms with E-state index in [1.807, 2.05) is 11.9 Å². The van der Waals surface area contributed by atoms with Crippen LogP contribution in [0.25, 0.3) is 22.3 Å². The Morgan fingerprint density at radius 3 is 2.12 bits per heavy atom. The number of aromatic nitrogens is 10. The van der Waals surface area contributed by atoms with Gasteiger partial charge >= 0.3 is 34.7 Å². The number of aliphatic hydroxyl groups is 3. The summed E-state index contributed by atoms with van der Waals surface area (Å²) in [6.07, 6.45) is -10.2. The van der Waals surface area contributed by atoms with Crippen LogP contribution in [0, 0.1) is 5.92 Å². The molecule has 426 valence electrons. The molecule has 3 fully saturated rings. The number of aryl methyl sites for hydroxylation is 1. The number of phosphoric acid groups is 3. The second-order valence-corrected chi connectivity index (χ2v) is 24.2. The fourth-order valence-corrected chi connectivity index (χ4v) is 14.2. The molecular weight excluding hydrogens is 1120 g/mol. The number of nitrogens with zero attached hydrogens (tertiary/aromatic N) is 8. The van der Waals surface area contributed by atoms with Crippen molar-refractivity contribution in [2.24, 2.45) is 13.0 Å². The number of aromatic amines is 2. The molecule has 5 aromatic heterocycles. The first-order valence-corrected chi connectivity index (χ1v) is 29.1. The maximum atomic E-state index is 14.2. The lowest BCUT2D eigenvalue weighted by molar-refractivity contribution is -0.646. The summed E-state index contributed by atoms with van der Waals surface area (Å²) in [5.74, 6) is -1.30. The average Bonchev–Trinajstić information content (AvgIpc) is 4.24. The van der Waals surface area contributed by atoms with E-state index in [1.54, 1.807) is 0 Å². The van der Waals surface area contributed by atoms with Crippen molar-refractivity contribution in [3.05, 3.63) is 62.4 Å². The van der Waals surface area contributed by atoms with Crippen LogP contribution in [0.2, 0.25) is 0 Å². The van der Waals surface area contributed by atoms with Gasteiger partial charge in [-0.1, -0.05) is 13.3 Å². The third kappa shape index (κ3) is 12.7. The van der Waals surface area contributed by atoms with Gasteiger partial charge in [-0.3, -0.25) is 37.7 Å². The molecule has 16 atom stereocenters. The first-order valence-electron chi connectivity index (χ1n) is 23.0. The number of nitrogens with two attached hydrogens (primary N) is 2. The number of H-pyrrole nitrogens is 2. The van der Waals surface area contributed by atoms with Crippen molar-refractivity contribution >= 4 is 65.2 Å². The molecule has 0 saturated carbocycles. The predicted octanol–water partition coefficient (Wildman–Crippen LogP) is -2.98. The minimum Gasteiger partial charge on any atom is -0.778 e. The number of hydrogen-bond donors (Lipinski definition) is 10. The van der Waals surface area contributed by atoms with Crippen molar-refractivity contribution in [1.82, 2.24) is 43.6 Å². The summed E-state index contributed by atoms with van der Waals surface area (Å²) < 4.78 is 111. The van der Waals surface area contributed by atoms with Crippen molar-refractivity contribution in [1.29, 1.82) is 0 Å². The number of ether oxygens (including phenoxy) is 5. The van der Waals surface area contributed by atoms with Crippen LogP contribution in [0.15, 0.2) is 45.6 Å². The molecule has 12 N–H and O–H groups in total. The van der Waals surface area contributed by atoms with Gasteiger partial charge in [-0.2, -0.15) is 18.2 Å². The molecule has 36 nitrogen and oxygen atoms in total. The van der Waals surface area contributed by atoms with Gasteiger partial charge in [-0.15, -0.1) is 0 Å². The Hall–Kier alpha value is -4.58. The predicted molar refractivity (Wildman–Crippen MR) is 252 cm³/mol. The molecule has 8 rings (SSSR count). The third-order valence-corrected chi connectivity index (χ3v) is 18.7. The SMILES string of the molecule is CCCCOCC[C@H]1[C@@H](O)[C@H](n2c[n+](C)c3c(=O)[nH]c(N)nc32)O[C@@H]1COP(=O)(O)OP(=O)(O)OP(=O)(O)OC[C@H]1O[C@@H](n2cnc3c(N)ncnc32)[C@H](OC)[C@@H]1P(=O)([O-])OC[C@H]1O[C@@H](n2ccc(=O)[nH]c2=O)[C@H](O)[C@@H]1O. The van der Waals surface area contributed by atoms with Crippen LogP contribution in [-0.4, -0.2) is 162 Å². The number of rotatable bonds is 24. The van der Waals surface area contributed by atoms with E-state index in [4.69, 9.17) is 48.7 Å². The van der Waals surface area contributed by atoms with E-state index in [-0.39, 0.29) is 47.1 Å². The van der Waals surface area contributed by atoms with Crippen LogP contribution in [0.3, 0.4) is 0 Å². The minimum absolute atomic E-state index is 0.00432. The van der Waals surface area contributed by atoms with Gasteiger partial charge in [0.1, 0.15) is 50.0 Å². The molecule has 5 aromatic rings. The van der Waals surface area contributed by atoms with Crippen LogP contribution >= 0.6 is 31.1 Å². The summed E-state index contributed by atoms with van der Waals surface area (Å²) in [6, 6.07) is 0.920. The normalized spacial score (nSPS) is 29.9. The first-order chi connectivity index (χ1) is 36.2. The van der Waals surface area contributed by atoms with Gasteiger partial charge in [-0.25, -0.2) is 38.0 Å². The highest BCUT2D eigenvalue weighted by Crippen LogP contribution is 2.68. The largest absolute Gasteiger partial charge is 0.778 e. The maximum Gasteiger partial charge on any atom is 0.490 e. The highest BCUT2D eigenvalue weighted by molar-refractivity contribution is 7.66. The number of unbranched alkanes of at least 4 members (excludes halogenated alkanes) is 1. The van der Waals surface area contributed by atoms with E-state index in [0.29, 0.717) is 6.61 Å². The van der Waals surface area contributed by atoms with Gasteiger partial charge in [-0.05, 0) is 12.8 Å². The Morgan fingerprint density at radius 2 is 1.44 bits per heavy atom. The van der Waals surface area contributed by atoms with Gasteiger partial charge in [0.25, 0.3) is 16.7 Å². The molecule has 0 amide bonds. The zero-order chi connectivity index (χ0) is 55.9. The molecule has 0 radical (unpaired) electrons. The fraction of sp³-hybridized carbons (Fsp3) is 0.622. The molecule has 77 heavy (non-hydrogen) atoms. The number of aliphatic hydroxyl groups excluding tert-OH is 3. The molecular formula is C37H54N12O24P4. The van der Waals surface area contributed by atoms with Crippen LogP contribution < -0.4 is 37.7 Å². The number of hydrogen-bond acceptors (Lipinski definition) is 27. The molecule has 3 aliphatic rings. The highest BCUT2D eigenvalue weighted by Gasteiger charge is 2.55. The zero-order valence-electron chi connectivity index (χ0n) is 40.5. The molecule has 3 saturated heterocycles. The molecule has 4 unspecified atom stereocenters. The summed E-state index contributed by atoms with van der Waals surface area (Å²) in [5, 5.41) is 33.0. The van der Waals surface area contributed by atoms with Gasteiger partial charge < -0.3 is 79.1 Å². The Balaban J connectivity index is 0.959. The van der Waals surface area contributed by atoms with Gasteiger partial charge in [0, 0.05) is 38.5 Å². The molecule has 0 spiro atoms. The molecule has 0 bridgehead atoms. The standard InChI is InChI=1S/C37H54N12O24P4/c1-4-5-9-65-10-7-17-18(69-33(24(17)51)49-16-46(2)23-31(49)44-36(39)45-32(23)54)11-67-75(58,59)72-77(62,63)73-76(60,61)68-13-20-28(27(64-3)35(71-20)48-15-42-22-29(38)40-14-41-30(22)48)74(56,57)66-12-19-25(52)26(53)34(70-19)47-8-6-21(50)43-37(47)55/h6,8,14-20,24-28,33-35,51-53H,4-5,7,9-13H2,1-3H3,(H9-,38,39,40,41,43,44,45,50,54,55,56,57,58,59,60,61,62,63)/t17-,18-,19-,20-,24-,25-,26-,27-,28-,33-,34-,35-/m1/s1. The summed E-state index contributed by atoms with van der Waals surface area (Å²) in [5.41, 5.74) is 7.23. The van der Waals surface area contributed by atoms with Crippen LogP contribution in [0.5, 0.6) is 0 Å². The number of imidazole rings is 2. The highest BCUT2D eigenvalue weighted by atomic mass is 31.3. The second-order valence-electron chi connectivity index (χ2n) is 17.6. The molecule has 0 aromatic carbocycles. The fourth-order valence-electron chi connectivity index (χ4n) is 8.99. The number of nitrogen functional groups attached to an aromatic ring is 2. The van der Waals surface area contributed by atoms with Crippen molar-refractivity contribution in [3.8, 4) is 0 Å². The molecule has 40 heteroatoms. The number of fused-ring (bicyclic) bond motifs is 2. The van der Waals surface area contributed by atoms with Gasteiger partial charge in [0.15, 0.2) is 23.9 Å². The lowest BCUT2D eigenvalue weighted by Crippen LogP contribution is -2.40. The molecule has 0 aliphatic carbocycles. The average molecular weight is 1170 g/mol.